The minimum atomic E-state index is -0.343. The monoisotopic (exact) mass is 259 g/mol. The van der Waals surface area contributed by atoms with Crippen LogP contribution in [-0.2, 0) is 14.3 Å². The summed E-state index contributed by atoms with van der Waals surface area (Å²) in [6.07, 6.45) is 3.15. The normalized spacial score (nSPS) is 21.2. The molecule has 1 fully saturated rings. The third-order valence-electron chi connectivity index (χ3n) is 3.29. The second-order valence-corrected chi connectivity index (χ2v) is 4.78. The third-order valence-corrected chi connectivity index (χ3v) is 3.29. The van der Waals surface area contributed by atoms with Crippen LogP contribution in [0.15, 0.2) is 0 Å². The van der Waals surface area contributed by atoms with Crippen molar-refractivity contribution in [3.05, 3.63) is 0 Å². The fraction of sp³-hybridized carbons (Fsp3) is 0.923. The minimum absolute atomic E-state index is 0.210. The summed E-state index contributed by atoms with van der Waals surface area (Å²) in [7, 11) is 1.40. The predicted octanol–water partition coefficient (Wildman–Crippen LogP) is 0.801. The maximum atomic E-state index is 11.2. The average molecular weight is 259 g/mol. The average Bonchev–Trinajstić information content (AvgIpc) is 2.88. The maximum absolute atomic E-state index is 11.2. The predicted molar refractivity (Wildman–Crippen MR) is 68.3 cm³/mol. The highest BCUT2D eigenvalue weighted by Gasteiger charge is 2.21. The summed E-state index contributed by atoms with van der Waals surface area (Å²) in [5.41, 5.74) is 0. The lowest BCUT2D eigenvalue weighted by Gasteiger charge is -2.26. The number of carbonyl (C=O) groups is 1. The quantitative estimate of drug-likeness (QED) is 0.653. The van der Waals surface area contributed by atoms with Crippen molar-refractivity contribution >= 4 is 5.97 Å². The Morgan fingerprint density at radius 1 is 1.61 bits per heavy atom. The van der Waals surface area contributed by atoms with Crippen molar-refractivity contribution in [3.63, 3.8) is 0 Å². The molecule has 0 aromatic rings. The van der Waals surface area contributed by atoms with Gasteiger partial charge in [-0.15, -0.1) is 0 Å². The first-order chi connectivity index (χ1) is 8.65. The number of hydrogen-bond acceptors (Lipinski definition) is 5. The molecule has 2 atom stereocenters. The number of aliphatic hydroxyl groups excluding tert-OH is 1. The maximum Gasteiger partial charge on any atom is 0.306 e. The summed E-state index contributed by atoms with van der Waals surface area (Å²) < 4.78 is 10.2. The molecule has 1 aliphatic rings. The lowest BCUT2D eigenvalue weighted by Crippen LogP contribution is -2.39. The minimum Gasteiger partial charge on any atom is -0.469 e. The topological polar surface area (TPSA) is 59.0 Å². The van der Waals surface area contributed by atoms with Crippen LogP contribution in [0.4, 0.5) is 0 Å². The molecule has 106 valence electrons. The van der Waals surface area contributed by atoms with E-state index in [4.69, 9.17) is 4.74 Å². The highest BCUT2D eigenvalue weighted by atomic mass is 16.5. The van der Waals surface area contributed by atoms with Gasteiger partial charge in [-0.25, -0.2) is 0 Å². The molecule has 0 aromatic heterocycles. The number of esters is 1. The molecule has 0 spiro atoms. The molecule has 0 saturated carbocycles. The van der Waals surface area contributed by atoms with Gasteiger partial charge in [0.15, 0.2) is 0 Å². The Morgan fingerprint density at radius 3 is 2.94 bits per heavy atom. The molecule has 0 aromatic carbocycles. The SMILES string of the molecule is CCC(O)CN(CCC(=O)OC)CC1CCCO1. The summed E-state index contributed by atoms with van der Waals surface area (Å²) in [4.78, 5) is 13.3. The Labute approximate surface area is 109 Å². The van der Waals surface area contributed by atoms with Gasteiger partial charge in [0.05, 0.1) is 25.7 Å². The number of aliphatic hydroxyl groups is 1. The molecule has 5 heteroatoms. The van der Waals surface area contributed by atoms with Crippen molar-refractivity contribution in [2.24, 2.45) is 0 Å². The largest absolute Gasteiger partial charge is 0.469 e. The number of hydrogen-bond donors (Lipinski definition) is 1. The van der Waals surface area contributed by atoms with Crippen LogP contribution in [0.1, 0.15) is 32.6 Å². The highest BCUT2D eigenvalue weighted by Crippen LogP contribution is 2.14. The first-order valence-electron chi connectivity index (χ1n) is 6.74. The van der Waals surface area contributed by atoms with Gasteiger partial charge in [0.2, 0.25) is 0 Å². The Hall–Kier alpha value is -0.650. The molecule has 5 nitrogen and oxygen atoms in total. The number of nitrogens with zero attached hydrogens (tertiary/aromatic N) is 1. The zero-order chi connectivity index (χ0) is 13.4. The van der Waals surface area contributed by atoms with E-state index in [0.717, 1.165) is 32.4 Å². The number of ether oxygens (including phenoxy) is 2. The van der Waals surface area contributed by atoms with Gasteiger partial charge in [-0.3, -0.25) is 9.69 Å². The molecule has 1 N–H and O–H groups in total. The van der Waals surface area contributed by atoms with Crippen molar-refractivity contribution in [2.45, 2.75) is 44.8 Å². The lowest BCUT2D eigenvalue weighted by molar-refractivity contribution is -0.141. The van der Waals surface area contributed by atoms with Gasteiger partial charge in [0.1, 0.15) is 0 Å². The third kappa shape index (κ3) is 5.80. The fourth-order valence-electron chi connectivity index (χ4n) is 2.11. The molecule has 1 saturated heterocycles. The van der Waals surface area contributed by atoms with Crippen LogP contribution in [0.25, 0.3) is 0 Å². The summed E-state index contributed by atoms with van der Waals surface area (Å²) in [5, 5.41) is 9.73. The van der Waals surface area contributed by atoms with Gasteiger partial charge in [-0.05, 0) is 19.3 Å². The van der Waals surface area contributed by atoms with Crippen molar-refractivity contribution in [3.8, 4) is 0 Å². The van der Waals surface area contributed by atoms with Crippen LogP contribution in [0, 0.1) is 0 Å². The van der Waals surface area contributed by atoms with Gasteiger partial charge in [0.25, 0.3) is 0 Å². The second-order valence-electron chi connectivity index (χ2n) is 4.78. The Morgan fingerprint density at radius 2 is 2.39 bits per heavy atom. The van der Waals surface area contributed by atoms with Crippen LogP contribution < -0.4 is 0 Å². The molecule has 18 heavy (non-hydrogen) atoms. The lowest BCUT2D eigenvalue weighted by atomic mass is 10.2. The molecule has 0 radical (unpaired) electrons. The molecular formula is C13H25NO4. The summed E-state index contributed by atoms with van der Waals surface area (Å²) in [6.45, 7) is 4.77. The van der Waals surface area contributed by atoms with E-state index in [-0.39, 0.29) is 18.2 Å². The summed E-state index contributed by atoms with van der Waals surface area (Å²) in [5.74, 6) is -0.210. The van der Waals surface area contributed by atoms with Crippen LogP contribution in [0.3, 0.4) is 0 Å². The number of carbonyl (C=O) groups excluding carboxylic acids is 1. The Balaban J connectivity index is 2.37. The van der Waals surface area contributed by atoms with Crippen molar-refractivity contribution in [1.82, 2.24) is 4.90 Å². The standard InChI is InChI=1S/C13H25NO4/c1-3-11(15)9-14(7-6-13(16)17-2)10-12-5-4-8-18-12/h11-12,15H,3-10H2,1-2H3. The molecule has 1 aliphatic heterocycles. The van der Waals surface area contributed by atoms with Gasteiger partial charge < -0.3 is 14.6 Å². The van der Waals surface area contributed by atoms with E-state index in [9.17, 15) is 9.90 Å². The second kappa shape index (κ2) is 8.45. The zero-order valence-electron chi connectivity index (χ0n) is 11.4. The van der Waals surface area contributed by atoms with Gasteiger partial charge >= 0.3 is 5.97 Å². The smallest absolute Gasteiger partial charge is 0.306 e. The number of methoxy groups -OCH3 is 1. The Bertz CT molecular complexity index is 241. The molecule has 1 heterocycles. The van der Waals surface area contributed by atoms with Crippen LogP contribution >= 0.6 is 0 Å². The van der Waals surface area contributed by atoms with Crippen molar-refractivity contribution < 1.29 is 19.4 Å². The van der Waals surface area contributed by atoms with Crippen LogP contribution in [0.2, 0.25) is 0 Å². The van der Waals surface area contributed by atoms with Crippen molar-refractivity contribution in [1.29, 1.82) is 0 Å². The van der Waals surface area contributed by atoms with Crippen LogP contribution in [-0.4, -0.2) is 61.5 Å². The van der Waals surface area contributed by atoms with E-state index >= 15 is 0 Å². The molecule has 0 aliphatic carbocycles. The molecule has 0 bridgehead atoms. The van der Waals surface area contributed by atoms with Gasteiger partial charge in [-0.1, -0.05) is 6.92 Å². The highest BCUT2D eigenvalue weighted by molar-refractivity contribution is 5.69. The summed E-state index contributed by atoms with van der Waals surface area (Å²) >= 11 is 0. The number of rotatable bonds is 8. The Kier molecular flexibility index (Phi) is 7.23. The van der Waals surface area contributed by atoms with E-state index in [2.05, 4.69) is 9.64 Å². The molecule has 2 unspecified atom stereocenters. The van der Waals surface area contributed by atoms with E-state index in [1.165, 1.54) is 7.11 Å². The first-order valence-corrected chi connectivity index (χ1v) is 6.74. The molecule has 1 rings (SSSR count). The zero-order valence-corrected chi connectivity index (χ0v) is 11.4. The first kappa shape index (κ1) is 15.4. The molecule has 0 amide bonds. The van der Waals surface area contributed by atoms with E-state index in [1.54, 1.807) is 0 Å². The summed E-state index contributed by atoms with van der Waals surface area (Å²) in [6, 6.07) is 0. The van der Waals surface area contributed by atoms with Crippen molar-refractivity contribution in [2.75, 3.05) is 33.4 Å². The fourth-order valence-corrected chi connectivity index (χ4v) is 2.11. The van der Waals surface area contributed by atoms with Gasteiger partial charge in [-0.2, -0.15) is 0 Å². The van der Waals surface area contributed by atoms with E-state index < -0.39 is 0 Å². The van der Waals surface area contributed by atoms with E-state index in [1.807, 2.05) is 6.92 Å². The van der Waals surface area contributed by atoms with Crippen LogP contribution in [0.5, 0.6) is 0 Å². The van der Waals surface area contributed by atoms with E-state index in [0.29, 0.717) is 19.5 Å². The van der Waals surface area contributed by atoms with Gasteiger partial charge in [0, 0.05) is 26.2 Å². The molecular weight excluding hydrogens is 234 g/mol.